The summed E-state index contributed by atoms with van der Waals surface area (Å²) >= 11 is 0. The summed E-state index contributed by atoms with van der Waals surface area (Å²) in [5.41, 5.74) is -0.817. The molecule has 0 saturated carbocycles. The van der Waals surface area contributed by atoms with Gasteiger partial charge in [-0.15, -0.1) is 6.42 Å². The van der Waals surface area contributed by atoms with Crippen LogP contribution in [-0.4, -0.2) is 82.6 Å². The summed E-state index contributed by atoms with van der Waals surface area (Å²) in [6, 6.07) is -1.45. The number of terminal acetylenes is 1. The number of benzene rings is 1. The second-order valence-electron chi connectivity index (χ2n) is 8.21. The van der Waals surface area contributed by atoms with Crippen LogP contribution in [0.25, 0.3) is 0 Å². The molecule has 4 N–H and O–H groups in total. The molecule has 0 aliphatic rings. The Bertz CT molecular complexity index is 1360. The van der Waals surface area contributed by atoms with Gasteiger partial charge in [0.2, 0.25) is 0 Å². The van der Waals surface area contributed by atoms with Crippen LogP contribution in [0.15, 0.2) is 31.1 Å². The molecule has 2 atom stereocenters. The molecular formula is C26H24N6O8. The number of H-pyrrole nitrogens is 2. The first-order valence-corrected chi connectivity index (χ1v) is 11.6. The van der Waals surface area contributed by atoms with Crippen molar-refractivity contribution in [1.82, 2.24) is 30.6 Å². The Kier molecular flexibility index (Phi) is 9.63. The van der Waals surface area contributed by atoms with Crippen LogP contribution in [0, 0.1) is 12.3 Å². The van der Waals surface area contributed by atoms with E-state index in [1.54, 1.807) is 0 Å². The normalized spacial score (nSPS) is 11.8. The molecule has 0 spiro atoms. The predicted octanol–water partition coefficient (Wildman–Crippen LogP) is -0.233. The van der Waals surface area contributed by atoms with Crippen LogP contribution >= 0.6 is 0 Å². The molecule has 0 fully saturated rings. The van der Waals surface area contributed by atoms with Crippen molar-refractivity contribution in [2.75, 3.05) is 14.2 Å². The molecule has 3 rings (SSSR count). The average Bonchev–Trinajstić information content (AvgIpc) is 3.68. The van der Waals surface area contributed by atoms with Gasteiger partial charge in [-0.3, -0.25) is 19.2 Å². The number of nitrogens with zero attached hydrogens (tertiary/aromatic N) is 2. The second kappa shape index (κ2) is 13.3. The Morgan fingerprint density at radius 2 is 1.30 bits per heavy atom. The third kappa shape index (κ3) is 6.45. The molecule has 0 aliphatic heterocycles. The van der Waals surface area contributed by atoms with E-state index in [-0.39, 0.29) is 53.2 Å². The lowest BCUT2D eigenvalue weighted by atomic mass is 9.91. The molecule has 2 aromatic heterocycles. The minimum absolute atomic E-state index is 0.0367. The monoisotopic (exact) mass is 548 g/mol. The second-order valence-corrected chi connectivity index (χ2v) is 8.21. The Labute approximate surface area is 227 Å². The van der Waals surface area contributed by atoms with E-state index in [0.717, 1.165) is 20.3 Å². The van der Waals surface area contributed by atoms with Crippen molar-refractivity contribution in [3.05, 3.63) is 70.3 Å². The summed E-state index contributed by atoms with van der Waals surface area (Å²) in [6.45, 7) is 0. The highest BCUT2D eigenvalue weighted by molar-refractivity contribution is 6.11. The first-order chi connectivity index (χ1) is 19.3. The van der Waals surface area contributed by atoms with E-state index < -0.39 is 35.8 Å². The number of ether oxygens (including phenoxy) is 2. The van der Waals surface area contributed by atoms with Crippen molar-refractivity contribution in [1.29, 1.82) is 0 Å². The third-order valence-corrected chi connectivity index (χ3v) is 5.82. The highest BCUT2D eigenvalue weighted by Gasteiger charge is 2.30. The van der Waals surface area contributed by atoms with Crippen molar-refractivity contribution in [2.45, 2.75) is 24.9 Å². The zero-order chi connectivity index (χ0) is 29.2. The van der Waals surface area contributed by atoms with Gasteiger partial charge in [0.25, 0.3) is 11.8 Å². The quantitative estimate of drug-likeness (QED) is 0.133. The molecule has 0 saturated heterocycles. The average molecular weight is 549 g/mol. The lowest BCUT2D eigenvalue weighted by Gasteiger charge is -2.20. The molecule has 0 bridgehead atoms. The number of amides is 2. The summed E-state index contributed by atoms with van der Waals surface area (Å²) in [6.07, 6.45) is 11.7. The van der Waals surface area contributed by atoms with Gasteiger partial charge in [0.05, 0.1) is 38.0 Å². The number of carbonyl (C=O) groups is 6. The van der Waals surface area contributed by atoms with Crippen LogP contribution in [-0.2, 0) is 31.9 Å². The molecule has 3 aromatic rings. The van der Waals surface area contributed by atoms with E-state index in [9.17, 15) is 28.8 Å². The van der Waals surface area contributed by atoms with Gasteiger partial charge in [-0.1, -0.05) is 5.92 Å². The highest BCUT2D eigenvalue weighted by Crippen LogP contribution is 2.22. The Morgan fingerprint density at radius 1 is 0.875 bits per heavy atom. The van der Waals surface area contributed by atoms with Gasteiger partial charge >= 0.3 is 11.9 Å². The minimum Gasteiger partial charge on any atom is -0.467 e. The van der Waals surface area contributed by atoms with Gasteiger partial charge < -0.3 is 30.1 Å². The molecule has 0 unspecified atom stereocenters. The zero-order valence-electron chi connectivity index (χ0n) is 21.3. The van der Waals surface area contributed by atoms with Crippen LogP contribution in [0.3, 0.4) is 0 Å². The van der Waals surface area contributed by atoms with Crippen molar-refractivity contribution < 1.29 is 38.2 Å². The SMILES string of the molecule is C#Cc1c(C=O)c(C(=O)N[C@@H](Cc2cnc[nH]2)C(=O)OC)cc(C(=O)N[C@H](Cc2cnc[nH]2)C(=O)OC)c1C=O. The number of aromatic amines is 2. The van der Waals surface area contributed by atoms with Crippen molar-refractivity contribution in [3.63, 3.8) is 0 Å². The van der Waals surface area contributed by atoms with Crippen LogP contribution in [0.4, 0.5) is 0 Å². The van der Waals surface area contributed by atoms with Crippen LogP contribution in [0.5, 0.6) is 0 Å². The lowest BCUT2D eigenvalue weighted by molar-refractivity contribution is -0.143. The molecule has 0 aliphatic carbocycles. The maximum absolute atomic E-state index is 13.3. The fourth-order valence-corrected chi connectivity index (χ4v) is 3.87. The lowest BCUT2D eigenvalue weighted by Crippen LogP contribution is -2.44. The summed E-state index contributed by atoms with van der Waals surface area (Å²) in [5, 5.41) is 4.91. The van der Waals surface area contributed by atoms with Crippen molar-refractivity contribution >= 4 is 36.3 Å². The zero-order valence-corrected chi connectivity index (χ0v) is 21.3. The highest BCUT2D eigenvalue weighted by atomic mass is 16.5. The van der Waals surface area contributed by atoms with Gasteiger partial charge in [0.15, 0.2) is 12.6 Å². The fraction of sp³-hybridized carbons (Fsp3) is 0.231. The van der Waals surface area contributed by atoms with E-state index in [1.807, 2.05) is 0 Å². The first kappa shape index (κ1) is 29.0. The minimum atomic E-state index is -1.21. The number of methoxy groups -OCH3 is 2. The summed E-state index contributed by atoms with van der Waals surface area (Å²) in [7, 11) is 2.26. The molecule has 2 heterocycles. The number of hydrogen-bond acceptors (Lipinski definition) is 10. The number of imidazole rings is 2. The van der Waals surface area contributed by atoms with Gasteiger partial charge in [-0.05, 0) is 6.07 Å². The van der Waals surface area contributed by atoms with Crippen molar-refractivity contribution in [3.8, 4) is 12.3 Å². The number of aromatic nitrogens is 4. The van der Waals surface area contributed by atoms with E-state index in [4.69, 9.17) is 15.9 Å². The fourth-order valence-electron chi connectivity index (χ4n) is 3.87. The molecular weight excluding hydrogens is 524 g/mol. The summed E-state index contributed by atoms with van der Waals surface area (Å²) in [5.74, 6) is -1.33. The largest absolute Gasteiger partial charge is 0.467 e. The predicted molar refractivity (Wildman–Crippen MR) is 136 cm³/mol. The molecule has 1 aromatic carbocycles. The molecule has 14 nitrogen and oxygen atoms in total. The maximum Gasteiger partial charge on any atom is 0.328 e. The van der Waals surface area contributed by atoms with Gasteiger partial charge in [0, 0.05) is 53.3 Å². The Morgan fingerprint density at radius 3 is 1.60 bits per heavy atom. The van der Waals surface area contributed by atoms with Crippen molar-refractivity contribution in [2.24, 2.45) is 0 Å². The van der Waals surface area contributed by atoms with Crippen LogP contribution in [0.1, 0.15) is 58.4 Å². The van der Waals surface area contributed by atoms with Gasteiger partial charge in [-0.25, -0.2) is 19.6 Å². The molecule has 206 valence electrons. The smallest absolute Gasteiger partial charge is 0.328 e. The van der Waals surface area contributed by atoms with Gasteiger partial charge in [0.1, 0.15) is 12.1 Å². The van der Waals surface area contributed by atoms with Gasteiger partial charge in [-0.2, -0.15) is 0 Å². The molecule has 40 heavy (non-hydrogen) atoms. The van der Waals surface area contributed by atoms with E-state index >= 15 is 0 Å². The molecule has 0 radical (unpaired) electrons. The standard InChI is InChI=1S/C26H24N6O8/c1-4-16-19(10-33)17(23(35)31-21(25(37)39-2)5-14-8-27-12-29-14)7-18(20(16)11-34)24(36)32-22(26(38)40-3)6-15-9-28-13-30-15/h1,7-13,21-22H,5-6H2,2-3H3,(H,27,29)(H,28,30)(H,31,35)(H,32,36)/t21-,22+. The molecule has 2 amide bonds. The number of carbonyl (C=O) groups excluding carboxylic acids is 6. The number of rotatable bonds is 12. The number of esters is 2. The third-order valence-electron chi connectivity index (χ3n) is 5.82. The summed E-state index contributed by atoms with van der Waals surface area (Å²) < 4.78 is 9.53. The number of aldehydes is 2. The van der Waals surface area contributed by atoms with E-state index in [0.29, 0.717) is 11.4 Å². The van der Waals surface area contributed by atoms with Crippen LogP contribution in [0.2, 0.25) is 0 Å². The number of hydrogen-bond donors (Lipinski definition) is 4. The first-order valence-electron chi connectivity index (χ1n) is 11.6. The van der Waals surface area contributed by atoms with Crippen LogP contribution < -0.4 is 10.6 Å². The maximum atomic E-state index is 13.3. The number of nitrogens with one attached hydrogen (secondary N) is 4. The summed E-state index contributed by atoms with van der Waals surface area (Å²) in [4.78, 5) is 88.7. The van der Waals surface area contributed by atoms with E-state index in [2.05, 4.69) is 36.5 Å². The molecule has 14 heteroatoms. The van der Waals surface area contributed by atoms with E-state index in [1.165, 1.54) is 25.0 Å². The Hall–Kier alpha value is -5.58. The topological polar surface area (TPSA) is 202 Å². The Balaban J connectivity index is 2.03.